The maximum Gasteiger partial charge on any atom is 0.225 e. The molecule has 0 N–H and O–H groups in total. The molecule has 2 nitrogen and oxygen atoms in total. The third-order valence-corrected chi connectivity index (χ3v) is 2.40. The Morgan fingerprint density at radius 3 is 2.73 bits per heavy atom. The lowest BCUT2D eigenvalue weighted by atomic mass is 10.5. The van der Waals surface area contributed by atoms with Crippen LogP contribution in [-0.4, -0.2) is 20.1 Å². The van der Waals surface area contributed by atoms with Gasteiger partial charge < -0.3 is 4.74 Å². The van der Waals surface area contributed by atoms with Gasteiger partial charge in [0.25, 0.3) is 0 Å². The SMILES string of the molecule is CN=C(OC)c1ccc(Cl)s1. The van der Waals surface area contributed by atoms with Gasteiger partial charge in [-0.1, -0.05) is 11.6 Å². The molecule has 1 heterocycles. The van der Waals surface area contributed by atoms with Crippen LogP contribution in [0.1, 0.15) is 4.88 Å². The molecule has 0 aliphatic carbocycles. The molecule has 0 bridgehead atoms. The number of methoxy groups -OCH3 is 1. The minimum atomic E-state index is 0.627. The van der Waals surface area contributed by atoms with Gasteiger partial charge in [0.15, 0.2) is 0 Å². The van der Waals surface area contributed by atoms with E-state index in [4.69, 9.17) is 16.3 Å². The molecule has 0 saturated carbocycles. The maximum atomic E-state index is 5.73. The lowest BCUT2D eigenvalue weighted by Gasteiger charge is -1.98. The Kier molecular flexibility index (Phi) is 2.91. The molecule has 0 aromatic carbocycles. The van der Waals surface area contributed by atoms with Crippen molar-refractivity contribution in [3.63, 3.8) is 0 Å². The number of halogens is 1. The average molecular weight is 190 g/mol. The van der Waals surface area contributed by atoms with E-state index in [1.807, 2.05) is 12.1 Å². The number of nitrogens with zero attached hydrogens (tertiary/aromatic N) is 1. The summed E-state index contributed by atoms with van der Waals surface area (Å²) in [6, 6.07) is 3.71. The molecule has 1 rings (SSSR count). The first-order chi connectivity index (χ1) is 5.27. The summed E-state index contributed by atoms with van der Waals surface area (Å²) >= 11 is 7.18. The molecule has 0 aliphatic heterocycles. The highest BCUT2D eigenvalue weighted by Gasteiger charge is 2.04. The van der Waals surface area contributed by atoms with Crippen LogP contribution in [0.25, 0.3) is 0 Å². The Morgan fingerprint density at radius 1 is 1.64 bits per heavy atom. The van der Waals surface area contributed by atoms with Crippen LogP contribution in [0.3, 0.4) is 0 Å². The predicted molar refractivity (Wildman–Crippen MR) is 48.8 cm³/mol. The standard InChI is InChI=1S/C7H8ClNOS/c1-9-7(10-2)5-3-4-6(8)11-5/h3-4H,1-2H3. The third-order valence-electron chi connectivity index (χ3n) is 1.18. The first-order valence-corrected chi connectivity index (χ1v) is 4.24. The van der Waals surface area contributed by atoms with Crippen molar-refractivity contribution in [3.05, 3.63) is 21.3 Å². The highest BCUT2D eigenvalue weighted by atomic mass is 35.5. The van der Waals surface area contributed by atoms with E-state index in [0.717, 1.165) is 9.21 Å². The Hall–Kier alpha value is -0.540. The van der Waals surface area contributed by atoms with Gasteiger partial charge in [0.1, 0.15) is 0 Å². The van der Waals surface area contributed by atoms with Gasteiger partial charge in [0.2, 0.25) is 5.90 Å². The minimum absolute atomic E-state index is 0.627. The van der Waals surface area contributed by atoms with E-state index in [1.54, 1.807) is 14.2 Å². The van der Waals surface area contributed by atoms with Crippen molar-refractivity contribution in [1.29, 1.82) is 0 Å². The molecule has 0 saturated heterocycles. The molecule has 0 amide bonds. The first kappa shape index (κ1) is 8.56. The molecule has 0 fully saturated rings. The fraction of sp³-hybridized carbons (Fsp3) is 0.286. The topological polar surface area (TPSA) is 21.6 Å². The summed E-state index contributed by atoms with van der Waals surface area (Å²) in [5, 5.41) is 0. The molecular weight excluding hydrogens is 182 g/mol. The van der Waals surface area contributed by atoms with Gasteiger partial charge in [-0.05, 0) is 12.1 Å². The number of ether oxygens (including phenoxy) is 1. The number of rotatable bonds is 1. The summed E-state index contributed by atoms with van der Waals surface area (Å²) < 4.78 is 5.75. The Morgan fingerprint density at radius 2 is 2.36 bits per heavy atom. The second-order valence-corrected chi connectivity index (χ2v) is 3.55. The quantitative estimate of drug-likeness (QED) is 0.491. The smallest absolute Gasteiger partial charge is 0.225 e. The Labute approximate surface area is 74.5 Å². The number of hydrogen-bond donors (Lipinski definition) is 0. The number of hydrogen-bond acceptors (Lipinski definition) is 3. The van der Waals surface area contributed by atoms with Crippen molar-refractivity contribution >= 4 is 28.8 Å². The van der Waals surface area contributed by atoms with Gasteiger partial charge in [-0.2, -0.15) is 0 Å². The van der Waals surface area contributed by atoms with Crippen molar-refractivity contribution in [2.24, 2.45) is 4.99 Å². The average Bonchev–Trinajstić information content (AvgIpc) is 2.39. The van der Waals surface area contributed by atoms with Gasteiger partial charge in [-0.15, -0.1) is 11.3 Å². The van der Waals surface area contributed by atoms with E-state index in [2.05, 4.69) is 4.99 Å². The fourth-order valence-electron chi connectivity index (χ4n) is 0.731. The van der Waals surface area contributed by atoms with Crippen LogP contribution in [0.5, 0.6) is 0 Å². The van der Waals surface area contributed by atoms with E-state index in [9.17, 15) is 0 Å². The van der Waals surface area contributed by atoms with E-state index in [1.165, 1.54) is 11.3 Å². The van der Waals surface area contributed by atoms with Crippen LogP contribution >= 0.6 is 22.9 Å². The van der Waals surface area contributed by atoms with Crippen LogP contribution < -0.4 is 0 Å². The molecule has 1 aromatic heterocycles. The van der Waals surface area contributed by atoms with E-state index >= 15 is 0 Å². The highest BCUT2D eigenvalue weighted by Crippen LogP contribution is 2.21. The van der Waals surface area contributed by atoms with Gasteiger partial charge in [-0.25, -0.2) is 0 Å². The van der Waals surface area contributed by atoms with Crippen LogP contribution in [0.4, 0.5) is 0 Å². The zero-order valence-corrected chi connectivity index (χ0v) is 7.87. The number of thiophene rings is 1. The van der Waals surface area contributed by atoms with Crippen molar-refractivity contribution in [2.75, 3.05) is 14.2 Å². The van der Waals surface area contributed by atoms with Gasteiger partial charge in [-0.3, -0.25) is 4.99 Å². The van der Waals surface area contributed by atoms with Crippen LogP contribution in [0.15, 0.2) is 17.1 Å². The summed E-state index contributed by atoms with van der Waals surface area (Å²) in [7, 11) is 3.28. The molecule has 0 atom stereocenters. The second-order valence-electron chi connectivity index (χ2n) is 1.84. The van der Waals surface area contributed by atoms with E-state index < -0.39 is 0 Å². The van der Waals surface area contributed by atoms with Crippen LogP contribution in [-0.2, 0) is 4.74 Å². The maximum absolute atomic E-state index is 5.73. The molecule has 1 aromatic rings. The molecule has 4 heteroatoms. The largest absolute Gasteiger partial charge is 0.480 e. The first-order valence-electron chi connectivity index (χ1n) is 3.04. The van der Waals surface area contributed by atoms with Crippen LogP contribution in [0, 0.1) is 0 Å². The van der Waals surface area contributed by atoms with Crippen LogP contribution in [0.2, 0.25) is 4.34 Å². The molecule has 0 aliphatic rings. The molecule has 60 valence electrons. The van der Waals surface area contributed by atoms with Crippen molar-refractivity contribution < 1.29 is 4.74 Å². The van der Waals surface area contributed by atoms with Crippen molar-refractivity contribution in [3.8, 4) is 0 Å². The third kappa shape index (κ3) is 1.94. The van der Waals surface area contributed by atoms with Crippen molar-refractivity contribution in [2.45, 2.75) is 0 Å². The predicted octanol–water partition coefficient (Wildman–Crippen LogP) is 2.42. The molecular formula is C7H8ClNOS. The zero-order valence-electron chi connectivity index (χ0n) is 6.30. The molecule has 0 spiro atoms. The summed E-state index contributed by atoms with van der Waals surface area (Å²) in [6.45, 7) is 0. The molecule has 0 unspecified atom stereocenters. The van der Waals surface area contributed by atoms with Gasteiger partial charge >= 0.3 is 0 Å². The Bertz CT molecular complexity index is 269. The monoisotopic (exact) mass is 189 g/mol. The summed E-state index contributed by atoms with van der Waals surface area (Å²) in [4.78, 5) is 4.89. The normalized spacial score (nSPS) is 11.7. The van der Waals surface area contributed by atoms with Crippen molar-refractivity contribution in [1.82, 2.24) is 0 Å². The lowest BCUT2D eigenvalue weighted by Crippen LogP contribution is -1.99. The summed E-state index contributed by atoms with van der Waals surface area (Å²) in [6.07, 6.45) is 0. The molecule has 0 radical (unpaired) electrons. The highest BCUT2D eigenvalue weighted by molar-refractivity contribution is 7.17. The molecule has 11 heavy (non-hydrogen) atoms. The second kappa shape index (κ2) is 3.74. The Balaban J connectivity index is 2.91. The van der Waals surface area contributed by atoms with Gasteiger partial charge in [0.05, 0.1) is 16.3 Å². The van der Waals surface area contributed by atoms with Gasteiger partial charge in [0, 0.05) is 7.05 Å². The lowest BCUT2D eigenvalue weighted by molar-refractivity contribution is 0.405. The summed E-state index contributed by atoms with van der Waals surface area (Å²) in [5.41, 5.74) is 0. The zero-order chi connectivity index (χ0) is 8.27. The summed E-state index contributed by atoms with van der Waals surface area (Å²) in [5.74, 6) is 0.627. The minimum Gasteiger partial charge on any atom is -0.480 e. The number of aliphatic imine (C=N–C) groups is 1. The fourth-order valence-corrected chi connectivity index (χ4v) is 1.79. The van der Waals surface area contributed by atoms with E-state index in [-0.39, 0.29) is 0 Å². The van der Waals surface area contributed by atoms with E-state index in [0.29, 0.717) is 5.90 Å².